The Labute approximate surface area is 135 Å². The van der Waals surface area contributed by atoms with Crippen LogP contribution in [0.1, 0.15) is 43.7 Å². The van der Waals surface area contributed by atoms with E-state index >= 15 is 0 Å². The van der Waals surface area contributed by atoms with Crippen LogP contribution in [0.4, 0.5) is 4.39 Å². The second-order valence-corrected chi connectivity index (χ2v) is 7.49. The fourth-order valence-electron chi connectivity index (χ4n) is 3.26. The van der Waals surface area contributed by atoms with Crippen LogP contribution in [-0.4, -0.2) is 13.4 Å². The van der Waals surface area contributed by atoms with E-state index in [4.69, 9.17) is 5.14 Å². The molecule has 1 saturated carbocycles. The molecule has 0 aliphatic heterocycles. The standard InChI is InChI=1S/C17H19FN2O2S/c18-15-11-13(8-9-16(15)23(19,21)22)14-7-4-10-20-17(14)12-5-2-1-3-6-12/h4,7-12H,1-3,5-6H2,(H2,19,21,22). The van der Waals surface area contributed by atoms with Gasteiger partial charge in [0.2, 0.25) is 10.0 Å². The molecule has 0 atom stereocenters. The van der Waals surface area contributed by atoms with Crippen molar-refractivity contribution >= 4 is 10.0 Å². The molecule has 0 amide bonds. The molecule has 3 rings (SSSR count). The number of halogens is 1. The normalized spacial score (nSPS) is 16.4. The smallest absolute Gasteiger partial charge is 0.240 e. The van der Waals surface area contributed by atoms with Gasteiger partial charge in [-0.15, -0.1) is 0 Å². The van der Waals surface area contributed by atoms with Crippen molar-refractivity contribution in [1.29, 1.82) is 0 Å². The Morgan fingerprint density at radius 2 is 1.87 bits per heavy atom. The SMILES string of the molecule is NS(=O)(=O)c1ccc(-c2cccnc2C2CCCCC2)cc1F. The maximum Gasteiger partial charge on any atom is 0.240 e. The number of nitrogens with two attached hydrogens (primary N) is 1. The zero-order valence-electron chi connectivity index (χ0n) is 12.7. The second-order valence-electron chi connectivity index (χ2n) is 5.96. The topological polar surface area (TPSA) is 73.1 Å². The van der Waals surface area contributed by atoms with Crippen molar-refractivity contribution in [2.45, 2.75) is 42.9 Å². The van der Waals surface area contributed by atoms with Crippen LogP contribution in [-0.2, 0) is 10.0 Å². The lowest BCUT2D eigenvalue weighted by Gasteiger charge is -2.23. The van der Waals surface area contributed by atoms with Crippen LogP contribution in [0.15, 0.2) is 41.4 Å². The average molecular weight is 334 g/mol. The van der Waals surface area contributed by atoms with Gasteiger partial charge >= 0.3 is 0 Å². The number of sulfonamides is 1. The van der Waals surface area contributed by atoms with Crippen molar-refractivity contribution < 1.29 is 12.8 Å². The lowest BCUT2D eigenvalue weighted by atomic mass is 9.84. The van der Waals surface area contributed by atoms with Gasteiger partial charge in [0, 0.05) is 17.7 Å². The molecule has 0 saturated heterocycles. The highest BCUT2D eigenvalue weighted by Crippen LogP contribution is 2.37. The molecule has 1 aromatic heterocycles. The third-order valence-electron chi connectivity index (χ3n) is 4.38. The molecule has 1 aliphatic rings. The molecule has 122 valence electrons. The lowest BCUT2D eigenvalue weighted by molar-refractivity contribution is 0.437. The average Bonchev–Trinajstić information content (AvgIpc) is 2.54. The maximum absolute atomic E-state index is 14.1. The number of rotatable bonds is 3. The molecule has 4 nitrogen and oxygen atoms in total. The number of nitrogens with zero attached hydrogens (tertiary/aromatic N) is 1. The molecular formula is C17H19FN2O2S. The first-order valence-corrected chi connectivity index (χ1v) is 9.29. The molecule has 23 heavy (non-hydrogen) atoms. The molecular weight excluding hydrogens is 315 g/mol. The summed E-state index contributed by atoms with van der Waals surface area (Å²) in [6.07, 6.45) is 7.53. The Hall–Kier alpha value is -1.79. The van der Waals surface area contributed by atoms with E-state index in [0.29, 0.717) is 11.5 Å². The molecule has 1 aliphatic carbocycles. The van der Waals surface area contributed by atoms with Gasteiger partial charge in [0.1, 0.15) is 10.7 Å². The molecule has 0 radical (unpaired) electrons. The Morgan fingerprint density at radius 3 is 2.52 bits per heavy atom. The van der Waals surface area contributed by atoms with E-state index < -0.39 is 20.7 Å². The van der Waals surface area contributed by atoms with E-state index in [2.05, 4.69) is 4.98 Å². The summed E-state index contributed by atoms with van der Waals surface area (Å²) in [5.74, 6) is -0.454. The van der Waals surface area contributed by atoms with Gasteiger partial charge in [-0.3, -0.25) is 4.98 Å². The van der Waals surface area contributed by atoms with Gasteiger partial charge in [-0.2, -0.15) is 0 Å². The van der Waals surface area contributed by atoms with Crippen molar-refractivity contribution in [3.63, 3.8) is 0 Å². The van der Waals surface area contributed by atoms with Crippen molar-refractivity contribution in [3.8, 4) is 11.1 Å². The van der Waals surface area contributed by atoms with Gasteiger partial charge in [0.05, 0.1) is 5.69 Å². The predicted octanol–water partition coefficient (Wildman–Crippen LogP) is 3.58. The van der Waals surface area contributed by atoms with Crippen molar-refractivity contribution in [2.75, 3.05) is 0 Å². The number of aromatic nitrogens is 1. The fourth-order valence-corrected chi connectivity index (χ4v) is 3.85. The maximum atomic E-state index is 14.1. The summed E-state index contributed by atoms with van der Waals surface area (Å²) in [5, 5.41) is 5.01. The van der Waals surface area contributed by atoms with E-state index in [9.17, 15) is 12.8 Å². The van der Waals surface area contributed by atoms with Crippen LogP contribution in [0.2, 0.25) is 0 Å². The summed E-state index contributed by atoms with van der Waals surface area (Å²) < 4.78 is 36.8. The Balaban J connectivity index is 2.04. The number of pyridine rings is 1. The largest absolute Gasteiger partial charge is 0.260 e. The second kappa shape index (κ2) is 6.37. The summed E-state index contributed by atoms with van der Waals surface area (Å²) >= 11 is 0. The minimum Gasteiger partial charge on any atom is -0.260 e. The molecule has 0 bridgehead atoms. The number of hydrogen-bond acceptors (Lipinski definition) is 3. The first kappa shape index (κ1) is 16.1. The van der Waals surface area contributed by atoms with Gasteiger partial charge in [-0.25, -0.2) is 17.9 Å². The van der Waals surface area contributed by atoms with E-state index in [0.717, 1.165) is 24.1 Å². The van der Waals surface area contributed by atoms with E-state index in [-0.39, 0.29) is 0 Å². The Bertz CT molecular complexity index is 815. The molecule has 1 fully saturated rings. The van der Waals surface area contributed by atoms with Gasteiger partial charge in [0.15, 0.2) is 0 Å². The van der Waals surface area contributed by atoms with Crippen LogP contribution < -0.4 is 5.14 Å². The third-order valence-corrected chi connectivity index (χ3v) is 5.32. The Kier molecular flexibility index (Phi) is 4.46. The van der Waals surface area contributed by atoms with Gasteiger partial charge in [0.25, 0.3) is 0 Å². The van der Waals surface area contributed by atoms with Crippen molar-refractivity contribution in [1.82, 2.24) is 4.98 Å². The predicted molar refractivity (Wildman–Crippen MR) is 86.8 cm³/mol. The molecule has 1 aromatic carbocycles. The van der Waals surface area contributed by atoms with Crippen LogP contribution in [0.3, 0.4) is 0 Å². The zero-order chi connectivity index (χ0) is 16.4. The zero-order valence-corrected chi connectivity index (χ0v) is 13.5. The lowest BCUT2D eigenvalue weighted by Crippen LogP contribution is -2.14. The quantitative estimate of drug-likeness (QED) is 0.932. The third kappa shape index (κ3) is 3.43. The van der Waals surface area contributed by atoms with E-state index in [1.54, 1.807) is 12.3 Å². The summed E-state index contributed by atoms with van der Waals surface area (Å²) in [5.41, 5.74) is 2.46. The molecule has 6 heteroatoms. The van der Waals surface area contributed by atoms with Crippen molar-refractivity contribution in [2.24, 2.45) is 5.14 Å². The minimum absolute atomic E-state index is 0.376. The van der Waals surface area contributed by atoms with Crippen LogP contribution >= 0.6 is 0 Å². The summed E-state index contributed by atoms with van der Waals surface area (Å²) in [4.78, 5) is 4.03. The number of hydrogen-bond donors (Lipinski definition) is 1. The van der Waals surface area contributed by atoms with E-state index in [1.807, 2.05) is 12.1 Å². The highest BCUT2D eigenvalue weighted by molar-refractivity contribution is 7.89. The molecule has 0 unspecified atom stereocenters. The van der Waals surface area contributed by atoms with E-state index in [1.165, 1.54) is 31.4 Å². The Morgan fingerprint density at radius 1 is 1.13 bits per heavy atom. The molecule has 2 N–H and O–H groups in total. The summed E-state index contributed by atoms with van der Waals surface area (Å²) in [7, 11) is -4.05. The van der Waals surface area contributed by atoms with Crippen LogP contribution in [0.25, 0.3) is 11.1 Å². The first-order chi connectivity index (χ1) is 11.0. The van der Waals surface area contributed by atoms with Gasteiger partial charge in [-0.05, 0) is 36.6 Å². The van der Waals surface area contributed by atoms with Crippen molar-refractivity contribution in [3.05, 3.63) is 48.0 Å². The minimum atomic E-state index is -4.05. The van der Waals surface area contributed by atoms with Gasteiger partial charge < -0.3 is 0 Å². The highest BCUT2D eigenvalue weighted by Gasteiger charge is 2.21. The first-order valence-electron chi connectivity index (χ1n) is 7.74. The fraction of sp³-hybridized carbons (Fsp3) is 0.353. The molecule has 2 aromatic rings. The van der Waals surface area contributed by atoms with Crippen LogP contribution in [0.5, 0.6) is 0 Å². The monoisotopic (exact) mass is 334 g/mol. The van der Waals surface area contributed by atoms with Crippen LogP contribution in [0, 0.1) is 5.82 Å². The molecule has 0 spiro atoms. The number of benzene rings is 1. The highest BCUT2D eigenvalue weighted by atomic mass is 32.2. The van der Waals surface area contributed by atoms with Gasteiger partial charge in [-0.1, -0.05) is 31.4 Å². The summed E-state index contributed by atoms with van der Waals surface area (Å²) in [6, 6.07) is 7.75. The number of primary sulfonamides is 1. The summed E-state index contributed by atoms with van der Waals surface area (Å²) in [6.45, 7) is 0. The molecule has 1 heterocycles.